The highest BCUT2D eigenvalue weighted by Crippen LogP contribution is 2.20. The lowest BCUT2D eigenvalue weighted by molar-refractivity contribution is 0.114. The second-order valence-corrected chi connectivity index (χ2v) is 6.58. The first-order valence-corrected chi connectivity index (χ1v) is 8.86. The van der Waals surface area contributed by atoms with Crippen LogP contribution in [-0.4, -0.2) is 41.1 Å². The third kappa shape index (κ3) is 4.16. The minimum Gasteiger partial charge on any atom is -0.359 e. The predicted molar refractivity (Wildman–Crippen MR) is 98.9 cm³/mol. The number of nitrogens with zero attached hydrogens (tertiary/aromatic N) is 3. The summed E-state index contributed by atoms with van der Waals surface area (Å²) in [6, 6.07) is 22.9. The van der Waals surface area contributed by atoms with E-state index < -0.39 is 0 Å². The van der Waals surface area contributed by atoms with Crippen LogP contribution in [0.5, 0.6) is 0 Å². The van der Waals surface area contributed by atoms with E-state index in [1.807, 2.05) is 18.2 Å². The van der Waals surface area contributed by atoms with E-state index in [1.54, 1.807) is 0 Å². The highest BCUT2D eigenvalue weighted by Gasteiger charge is 2.18. The highest BCUT2D eigenvalue weighted by atomic mass is 16.5. The van der Waals surface area contributed by atoms with E-state index in [0.717, 1.165) is 56.3 Å². The molecule has 0 amide bonds. The molecule has 0 bridgehead atoms. The van der Waals surface area contributed by atoms with Crippen molar-refractivity contribution in [1.82, 2.24) is 15.0 Å². The summed E-state index contributed by atoms with van der Waals surface area (Å²) < 4.78 is 5.54. The van der Waals surface area contributed by atoms with Crippen LogP contribution in [0.1, 0.15) is 11.3 Å². The molecule has 0 spiro atoms. The second-order valence-electron chi connectivity index (χ2n) is 6.58. The van der Waals surface area contributed by atoms with Gasteiger partial charge in [0.1, 0.15) is 5.69 Å². The van der Waals surface area contributed by atoms with E-state index in [9.17, 15) is 0 Å². The maximum atomic E-state index is 5.54. The average molecular weight is 333 g/mol. The molecule has 2 aromatic carbocycles. The molecule has 4 heteroatoms. The smallest absolute Gasteiger partial charge is 0.151 e. The maximum absolute atomic E-state index is 5.54. The third-order valence-electron chi connectivity index (χ3n) is 4.72. The Balaban J connectivity index is 1.30. The van der Waals surface area contributed by atoms with E-state index in [1.165, 1.54) is 5.56 Å². The molecule has 0 atom stereocenters. The van der Waals surface area contributed by atoms with Crippen LogP contribution >= 0.6 is 0 Å². The summed E-state index contributed by atoms with van der Waals surface area (Å²) >= 11 is 0. The monoisotopic (exact) mass is 333 g/mol. The molecule has 0 unspecified atom stereocenters. The average Bonchev–Trinajstić information content (AvgIpc) is 3.14. The van der Waals surface area contributed by atoms with Crippen LogP contribution in [0.15, 0.2) is 71.3 Å². The number of rotatable bonds is 5. The van der Waals surface area contributed by atoms with Gasteiger partial charge in [-0.25, -0.2) is 0 Å². The van der Waals surface area contributed by atoms with Gasteiger partial charge in [0.2, 0.25) is 0 Å². The molecule has 128 valence electrons. The SMILES string of the molecule is c1ccc(CN2CCN(Cc3cc(-c4ccccc4)no3)CC2)cc1. The largest absolute Gasteiger partial charge is 0.359 e. The molecule has 4 nitrogen and oxygen atoms in total. The van der Waals surface area contributed by atoms with Crippen LogP contribution in [0.4, 0.5) is 0 Å². The van der Waals surface area contributed by atoms with Crippen molar-refractivity contribution in [2.75, 3.05) is 26.2 Å². The van der Waals surface area contributed by atoms with Crippen molar-refractivity contribution in [3.05, 3.63) is 78.1 Å². The Bertz CT molecular complexity index is 777. The summed E-state index contributed by atoms with van der Waals surface area (Å²) in [5, 5.41) is 4.21. The molecule has 0 radical (unpaired) electrons. The van der Waals surface area contributed by atoms with Crippen LogP contribution in [0.25, 0.3) is 11.3 Å². The standard InChI is InChI=1S/C21H23N3O/c1-3-7-18(8-4-1)16-23-11-13-24(14-12-23)17-20-15-21(22-25-20)19-9-5-2-6-10-19/h1-10,15H,11-14,16-17H2. The Morgan fingerprint density at radius 1 is 0.760 bits per heavy atom. The Kier molecular flexibility index (Phi) is 4.91. The van der Waals surface area contributed by atoms with Crippen molar-refractivity contribution in [1.29, 1.82) is 0 Å². The van der Waals surface area contributed by atoms with E-state index >= 15 is 0 Å². The van der Waals surface area contributed by atoms with Gasteiger partial charge in [-0.15, -0.1) is 0 Å². The van der Waals surface area contributed by atoms with Gasteiger partial charge >= 0.3 is 0 Å². The molecule has 0 N–H and O–H groups in total. The molecule has 1 aromatic heterocycles. The minimum absolute atomic E-state index is 0.832. The fourth-order valence-corrected chi connectivity index (χ4v) is 3.30. The van der Waals surface area contributed by atoms with Gasteiger partial charge in [0.25, 0.3) is 0 Å². The summed E-state index contributed by atoms with van der Waals surface area (Å²) in [5.41, 5.74) is 3.40. The molecule has 0 aliphatic carbocycles. The molecule has 1 saturated heterocycles. The predicted octanol–water partition coefficient (Wildman–Crippen LogP) is 3.66. The minimum atomic E-state index is 0.832. The van der Waals surface area contributed by atoms with Crippen molar-refractivity contribution in [3.8, 4) is 11.3 Å². The molecule has 0 saturated carbocycles. The maximum Gasteiger partial charge on any atom is 0.151 e. The molecular weight excluding hydrogens is 310 g/mol. The number of hydrogen-bond donors (Lipinski definition) is 0. The van der Waals surface area contributed by atoms with Crippen LogP contribution in [-0.2, 0) is 13.1 Å². The zero-order chi connectivity index (χ0) is 16.9. The third-order valence-corrected chi connectivity index (χ3v) is 4.72. The lowest BCUT2D eigenvalue weighted by Gasteiger charge is -2.34. The lowest BCUT2D eigenvalue weighted by atomic mass is 10.1. The van der Waals surface area contributed by atoms with E-state index in [2.05, 4.69) is 63.5 Å². The Hall–Kier alpha value is -2.43. The summed E-state index contributed by atoms with van der Waals surface area (Å²) in [6.07, 6.45) is 0. The summed E-state index contributed by atoms with van der Waals surface area (Å²) in [4.78, 5) is 4.96. The van der Waals surface area contributed by atoms with Crippen molar-refractivity contribution in [3.63, 3.8) is 0 Å². The Morgan fingerprint density at radius 2 is 1.36 bits per heavy atom. The normalized spacial score (nSPS) is 16.2. The van der Waals surface area contributed by atoms with Gasteiger partial charge in [-0.05, 0) is 5.56 Å². The Morgan fingerprint density at radius 3 is 2.04 bits per heavy atom. The summed E-state index contributed by atoms with van der Waals surface area (Å²) in [7, 11) is 0. The number of piperazine rings is 1. The first-order chi connectivity index (χ1) is 12.4. The van der Waals surface area contributed by atoms with Gasteiger partial charge < -0.3 is 4.52 Å². The van der Waals surface area contributed by atoms with E-state index in [0.29, 0.717) is 0 Å². The number of hydrogen-bond acceptors (Lipinski definition) is 4. The van der Waals surface area contributed by atoms with Gasteiger partial charge in [0.05, 0.1) is 6.54 Å². The Labute approximate surface area is 148 Å². The zero-order valence-electron chi connectivity index (χ0n) is 14.3. The first-order valence-electron chi connectivity index (χ1n) is 8.86. The van der Waals surface area contributed by atoms with E-state index in [-0.39, 0.29) is 0 Å². The summed E-state index contributed by atoms with van der Waals surface area (Å²) in [5.74, 6) is 0.940. The van der Waals surface area contributed by atoms with Crippen LogP contribution in [0.2, 0.25) is 0 Å². The molecule has 1 aliphatic heterocycles. The van der Waals surface area contributed by atoms with Crippen LogP contribution < -0.4 is 0 Å². The molecule has 1 aliphatic rings. The van der Waals surface area contributed by atoms with Gasteiger partial charge in [0, 0.05) is 44.4 Å². The van der Waals surface area contributed by atoms with Crippen molar-refractivity contribution in [2.24, 2.45) is 0 Å². The quantitative estimate of drug-likeness (QED) is 0.713. The van der Waals surface area contributed by atoms with Gasteiger partial charge in [0.15, 0.2) is 5.76 Å². The number of benzene rings is 2. The molecular formula is C21H23N3O. The molecule has 25 heavy (non-hydrogen) atoms. The zero-order valence-corrected chi connectivity index (χ0v) is 14.3. The molecule has 3 aromatic rings. The van der Waals surface area contributed by atoms with Crippen LogP contribution in [0, 0.1) is 0 Å². The van der Waals surface area contributed by atoms with E-state index in [4.69, 9.17) is 4.52 Å². The van der Waals surface area contributed by atoms with Crippen molar-refractivity contribution >= 4 is 0 Å². The molecule has 4 rings (SSSR count). The van der Waals surface area contributed by atoms with Crippen LogP contribution in [0.3, 0.4) is 0 Å². The first kappa shape index (κ1) is 16.1. The van der Waals surface area contributed by atoms with Crippen molar-refractivity contribution in [2.45, 2.75) is 13.1 Å². The van der Waals surface area contributed by atoms with Gasteiger partial charge in [-0.2, -0.15) is 0 Å². The summed E-state index contributed by atoms with van der Waals surface area (Å²) in [6.45, 7) is 6.18. The molecule has 2 heterocycles. The lowest BCUT2D eigenvalue weighted by Crippen LogP contribution is -2.45. The van der Waals surface area contributed by atoms with Crippen molar-refractivity contribution < 1.29 is 4.52 Å². The fourth-order valence-electron chi connectivity index (χ4n) is 3.30. The fraction of sp³-hybridized carbons (Fsp3) is 0.286. The molecule has 1 fully saturated rings. The van der Waals surface area contributed by atoms with Gasteiger partial charge in [-0.1, -0.05) is 65.8 Å². The van der Waals surface area contributed by atoms with Gasteiger partial charge in [-0.3, -0.25) is 9.80 Å². The topological polar surface area (TPSA) is 32.5 Å². The number of aromatic nitrogens is 1. The highest BCUT2D eigenvalue weighted by molar-refractivity contribution is 5.58. The second kappa shape index (κ2) is 7.64.